The zero-order valence-corrected chi connectivity index (χ0v) is 17.3. The zero-order chi connectivity index (χ0) is 20.7. The highest BCUT2D eigenvalue weighted by Crippen LogP contribution is 2.35. The number of hydrogen-bond acceptors (Lipinski definition) is 5. The molecular formula is C20H26N2O5S. The molecule has 0 fully saturated rings. The van der Waals surface area contributed by atoms with E-state index >= 15 is 0 Å². The van der Waals surface area contributed by atoms with Crippen LogP contribution in [0.5, 0.6) is 11.5 Å². The summed E-state index contributed by atoms with van der Waals surface area (Å²) in [5.41, 5.74) is 0.227. The van der Waals surface area contributed by atoms with Crippen molar-refractivity contribution in [2.24, 2.45) is 5.92 Å². The Hall–Kier alpha value is -2.74. The molecule has 152 valence electrons. The smallest absolute Gasteiger partial charge is 0.264 e. The van der Waals surface area contributed by atoms with E-state index in [-0.39, 0.29) is 23.0 Å². The molecule has 0 aliphatic carbocycles. The molecule has 0 saturated heterocycles. The van der Waals surface area contributed by atoms with Crippen molar-refractivity contribution in [3.63, 3.8) is 0 Å². The molecule has 7 nitrogen and oxygen atoms in total. The van der Waals surface area contributed by atoms with Crippen LogP contribution >= 0.6 is 0 Å². The van der Waals surface area contributed by atoms with Gasteiger partial charge in [-0.2, -0.15) is 0 Å². The first-order chi connectivity index (χ1) is 13.3. The summed E-state index contributed by atoms with van der Waals surface area (Å²) in [6, 6.07) is 12.8. The van der Waals surface area contributed by atoms with Gasteiger partial charge in [0.15, 0.2) is 0 Å². The maximum Gasteiger partial charge on any atom is 0.264 e. The lowest BCUT2D eigenvalue weighted by molar-refractivity contribution is -0.119. The lowest BCUT2D eigenvalue weighted by Crippen LogP contribution is -2.42. The topological polar surface area (TPSA) is 84.9 Å². The van der Waals surface area contributed by atoms with E-state index < -0.39 is 15.9 Å². The highest BCUT2D eigenvalue weighted by molar-refractivity contribution is 7.92. The Balaban J connectivity index is 2.52. The SMILES string of the molecule is COc1ccc(OC)c(N(CC(=O)NCC(C)C)S(=O)(=O)c2ccccc2)c1. The fourth-order valence-corrected chi connectivity index (χ4v) is 3.96. The molecule has 8 heteroatoms. The summed E-state index contributed by atoms with van der Waals surface area (Å²) in [5.74, 6) is 0.608. The minimum atomic E-state index is -4.01. The summed E-state index contributed by atoms with van der Waals surface area (Å²) in [7, 11) is -1.08. The lowest BCUT2D eigenvalue weighted by atomic mass is 10.2. The molecule has 2 rings (SSSR count). The van der Waals surface area contributed by atoms with Gasteiger partial charge in [-0.15, -0.1) is 0 Å². The van der Waals surface area contributed by atoms with Crippen LogP contribution in [0.4, 0.5) is 5.69 Å². The van der Waals surface area contributed by atoms with E-state index in [9.17, 15) is 13.2 Å². The molecular weight excluding hydrogens is 380 g/mol. The van der Waals surface area contributed by atoms with E-state index in [1.165, 1.54) is 32.4 Å². The summed E-state index contributed by atoms with van der Waals surface area (Å²) < 4.78 is 38.3. The molecule has 0 spiro atoms. The Kier molecular flexibility index (Phi) is 7.28. The largest absolute Gasteiger partial charge is 0.497 e. The summed E-state index contributed by atoms with van der Waals surface area (Å²) in [4.78, 5) is 12.6. The second-order valence-corrected chi connectivity index (χ2v) is 8.42. The molecule has 28 heavy (non-hydrogen) atoms. The van der Waals surface area contributed by atoms with E-state index in [1.807, 2.05) is 13.8 Å². The number of nitrogens with one attached hydrogen (secondary N) is 1. The fraction of sp³-hybridized carbons (Fsp3) is 0.350. The highest BCUT2D eigenvalue weighted by atomic mass is 32.2. The second-order valence-electron chi connectivity index (χ2n) is 6.56. The number of sulfonamides is 1. The van der Waals surface area contributed by atoms with Crippen molar-refractivity contribution in [2.45, 2.75) is 18.7 Å². The van der Waals surface area contributed by atoms with E-state index in [0.717, 1.165) is 4.31 Å². The molecule has 2 aromatic rings. The van der Waals surface area contributed by atoms with Gasteiger partial charge in [0.25, 0.3) is 10.0 Å². The minimum Gasteiger partial charge on any atom is -0.497 e. The quantitative estimate of drug-likeness (QED) is 0.692. The summed E-state index contributed by atoms with van der Waals surface area (Å²) in [5, 5.41) is 2.75. The second kappa shape index (κ2) is 9.45. The van der Waals surface area contributed by atoms with Crippen LogP contribution in [0.3, 0.4) is 0 Å². The average molecular weight is 407 g/mol. The number of anilines is 1. The first kappa shape index (κ1) is 21.6. The standard InChI is InChI=1S/C20H26N2O5S/c1-15(2)13-21-20(23)14-22(28(24,25)17-8-6-5-7-9-17)18-12-16(26-3)10-11-19(18)27-4/h5-12,15H,13-14H2,1-4H3,(H,21,23). The highest BCUT2D eigenvalue weighted by Gasteiger charge is 2.29. The van der Waals surface area contributed by atoms with Gasteiger partial charge in [-0.1, -0.05) is 32.0 Å². The van der Waals surface area contributed by atoms with Crippen LogP contribution in [0.25, 0.3) is 0 Å². The monoisotopic (exact) mass is 406 g/mol. The van der Waals surface area contributed by atoms with E-state index in [4.69, 9.17) is 9.47 Å². The number of hydrogen-bond donors (Lipinski definition) is 1. The molecule has 0 aliphatic heterocycles. The van der Waals surface area contributed by atoms with Crippen molar-refractivity contribution < 1.29 is 22.7 Å². The van der Waals surface area contributed by atoms with Crippen LogP contribution in [-0.2, 0) is 14.8 Å². The van der Waals surface area contributed by atoms with E-state index in [2.05, 4.69) is 5.32 Å². The maximum atomic E-state index is 13.3. The summed E-state index contributed by atoms with van der Waals surface area (Å²) in [6.07, 6.45) is 0. The number of carbonyl (C=O) groups excluding carboxylic acids is 1. The van der Waals surface area contributed by atoms with Gasteiger partial charge in [-0.3, -0.25) is 9.10 Å². The van der Waals surface area contributed by atoms with Gasteiger partial charge in [0.05, 0.1) is 24.8 Å². The third-order valence-electron chi connectivity index (χ3n) is 3.98. The molecule has 0 heterocycles. The first-order valence-corrected chi connectivity index (χ1v) is 10.3. The average Bonchev–Trinajstić information content (AvgIpc) is 2.70. The van der Waals surface area contributed by atoms with Gasteiger partial charge >= 0.3 is 0 Å². The molecule has 1 N–H and O–H groups in total. The normalized spacial score (nSPS) is 11.2. The van der Waals surface area contributed by atoms with Crippen LogP contribution in [0, 0.1) is 5.92 Å². The van der Waals surface area contributed by atoms with Crippen LogP contribution in [-0.4, -0.2) is 41.6 Å². The molecule has 1 amide bonds. The number of carbonyl (C=O) groups is 1. The summed E-state index contributed by atoms with van der Waals surface area (Å²) in [6.45, 7) is 3.99. The molecule has 0 aliphatic rings. The van der Waals surface area contributed by atoms with Crippen molar-refractivity contribution in [1.29, 1.82) is 0 Å². The van der Waals surface area contributed by atoms with Gasteiger partial charge in [-0.05, 0) is 30.2 Å². The molecule has 0 unspecified atom stereocenters. The Morgan fingerprint density at radius 1 is 1.07 bits per heavy atom. The van der Waals surface area contributed by atoms with Crippen molar-refractivity contribution >= 4 is 21.6 Å². The molecule has 2 aromatic carbocycles. The first-order valence-electron chi connectivity index (χ1n) is 8.86. The van der Waals surface area contributed by atoms with Crippen LogP contribution in [0.1, 0.15) is 13.8 Å². The molecule has 0 aromatic heterocycles. The predicted octanol–water partition coefficient (Wildman–Crippen LogP) is 2.67. The van der Waals surface area contributed by atoms with Gasteiger partial charge in [-0.25, -0.2) is 8.42 Å². The molecule has 0 radical (unpaired) electrons. The molecule has 0 atom stereocenters. The van der Waals surface area contributed by atoms with Gasteiger partial charge in [0, 0.05) is 12.6 Å². The minimum absolute atomic E-state index is 0.0801. The lowest BCUT2D eigenvalue weighted by Gasteiger charge is -2.26. The Bertz CT molecular complexity index is 898. The third kappa shape index (κ3) is 5.16. The number of benzene rings is 2. The Labute approximate surface area is 166 Å². The number of rotatable bonds is 9. The maximum absolute atomic E-state index is 13.3. The van der Waals surface area contributed by atoms with Gasteiger partial charge in [0.1, 0.15) is 18.0 Å². The molecule has 0 bridgehead atoms. The van der Waals surface area contributed by atoms with Crippen LogP contribution < -0.4 is 19.1 Å². The predicted molar refractivity (Wildman–Crippen MR) is 108 cm³/mol. The Morgan fingerprint density at radius 2 is 1.75 bits per heavy atom. The van der Waals surface area contributed by atoms with E-state index in [1.54, 1.807) is 30.3 Å². The van der Waals surface area contributed by atoms with Crippen LogP contribution in [0.15, 0.2) is 53.4 Å². The number of methoxy groups -OCH3 is 2. The zero-order valence-electron chi connectivity index (χ0n) is 16.5. The van der Waals surface area contributed by atoms with Gasteiger partial charge < -0.3 is 14.8 Å². The number of ether oxygens (including phenoxy) is 2. The van der Waals surface area contributed by atoms with Crippen LogP contribution in [0.2, 0.25) is 0 Å². The van der Waals surface area contributed by atoms with E-state index in [0.29, 0.717) is 18.0 Å². The summed E-state index contributed by atoms with van der Waals surface area (Å²) >= 11 is 0. The fourth-order valence-electron chi connectivity index (χ4n) is 2.52. The number of nitrogens with zero attached hydrogens (tertiary/aromatic N) is 1. The van der Waals surface area contributed by atoms with Crippen molar-refractivity contribution in [1.82, 2.24) is 5.32 Å². The van der Waals surface area contributed by atoms with Crippen molar-refractivity contribution in [2.75, 3.05) is 31.6 Å². The van der Waals surface area contributed by atoms with Crippen molar-refractivity contribution in [3.8, 4) is 11.5 Å². The number of amides is 1. The third-order valence-corrected chi connectivity index (χ3v) is 5.75. The molecule has 0 saturated carbocycles. The Morgan fingerprint density at radius 3 is 2.32 bits per heavy atom. The van der Waals surface area contributed by atoms with Crippen molar-refractivity contribution in [3.05, 3.63) is 48.5 Å². The van der Waals surface area contributed by atoms with Gasteiger partial charge in [0.2, 0.25) is 5.91 Å².